The first-order chi connectivity index (χ1) is 16.5. The Morgan fingerprint density at radius 2 is 1.91 bits per heavy atom. The van der Waals surface area contributed by atoms with Crippen molar-refractivity contribution in [2.75, 3.05) is 25.0 Å². The number of hydrogen-bond donors (Lipinski definition) is 2. The molecule has 4 rings (SSSR count). The number of carbonyl (C=O) groups excluding carboxylic acids is 2. The predicted molar refractivity (Wildman–Crippen MR) is 122 cm³/mol. The van der Waals surface area contributed by atoms with Crippen LogP contribution in [-0.2, 0) is 16.0 Å². The van der Waals surface area contributed by atoms with Gasteiger partial charge in [0.05, 0.1) is 0 Å². The standard InChI is InChI=1S/C24H34F4IN4O2/c1-14(2)24(35)33-10-9-32(13-21(33)29(26,27)28)17-6-4-5-16(11-17)30-23(34)20-12-18-19(25)8-7-15(3)22(18)31-20/h7-8,14,16-17,20-21,31H,4-6,9-13H2,1-3H3,(H,30,34)/q-1/t16-,17+,20?,21+/m1/s1. The number of nitrogens with one attached hydrogen (secondary N) is 2. The summed E-state index contributed by atoms with van der Waals surface area (Å²) in [7, 11) is 0. The molecule has 6 nitrogen and oxygen atoms in total. The average molecular weight is 613 g/mol. The number of anilines is 1. The van der Waals surface area contributed by atoms with Crippen LogP contribution in [0.4, 0.5) is 18.7 Å². The molecule has 1 saturated heterocycles. The van der Waals surface area contributed by atoms with Crippen LogP contribution in [0.25, 0.3) is 0 Å². The minimum atomic E-state index is -6.55. The van der Waals surface area contributed by atoms with Gasteiger partial charge in [-0.3, -0.25) is 0 Å². The van der Waals surface area contributed by atoms with Gasteiger partial charge in [-0.1, -0.05) is 6.07 Å². The third-order valence-electron chi connectivity index (χ3n) is 7.43. The molecule has 35 heavy (non-hydrogen) atoms. The molecular weight excluding hydrogens is 579 g/mol. The Bertz CT molecular complexity index is 943. The van der Waals surface area contributed by atoms with Crippen molar-refractivity contribution in [2.45, 2.75) is 75.0 Å². The fraction of sp³-hybridized carbons (Fsp3) is 0.667. The maximum absolute atomic E-state index is 14.2. The Morgan fingerprint density at radius 1 is 1.17 bits per heavy atom. The average Bonchev–Trinajstić information content (AvgIpc) is 3.27. The number of fused-ring (bicyclic) bond motifs is 1. The van der Waals surface area contributed by atoms with Gasteiger partial charge in [-0.2, -0.15) is 0 Å². The molecule has 0 bridgehead atoms. The topological polar surface area (TPSA) is 64.7 Å². The van der Waals surface area contributed by atoms with Crippen LogP contribution >= 0.6 is 0 Å². The summed E-state index contributed by atoms with van der Waals surface area (Å²) in [5.74, 6) is -1.43. The Balaban J connectivity index is 1.37. The number of hydrogen-bond acceptors (Lipinski definition) is 4. The first-order valence-corrected chi connectivity index (χ1v) is 15.9. The van der Waals surface area contributed by atoms with Crippen LogP contribution in [0, 0.1) is 18.7 Å². The van der Waals surface area contributed by atoms with Gasteiger partial charge in [0.2, 0.25) is 0 Å². The van der Waals surface area contributed by atoms with E-state index in [0.29, 0.717) is 24.2 Å². The number of piperazine rings is 1. The molecule has 0 aromatic heterocycles. The molecule has 2 aliphatic heterocycles. The summed E-state index contributed by atoms with van der Waals surface area (Å²) in [6.07, 6.45) is 3.20. The van der Waals surface area contributed by atoms with Gasteiger partial charge in [0.25, 0.3) is 0 Å². The summed E-state index contributed by atoms with van der Waals surface area (Å²) in [5, 5.41) is 6.20. The van der Waals surface area contributed by atoms with Crippen molar-refractivity contribution >= 4 is 17.5 Å². The number of amides is 2. The van der Waals surface area contributed by atoms with Crippen molar-refractivity contribution in [3.63, 3.8) is 0 Å². The van der Waals surface area contributed by atoms with E-state index < -0.39 is 42.1 Å². The van der Waals surface area contributed by atoms with Crippen molar-refractivity contribution in [3.8, 4) is 0 Å². The van der Waals surface area contributed by atoms with E-state index in [2.05, 4.69) is 10.6 Å². The quantitative estimate of drug-likeness (QED) is 0.224. The molecule has 2 N–H and O–H groups in total. The van der Waals surface area contributed by atoms with Gasteiger partial charge in [0, 0.05) is 0 Å². The Kier molecular flexibility index (Phi) is 7.85. The molecule has 1 unspecified atom stereocenters. The van der Waals surface area contributed by atoms with E-state index in [4.69, 9.17) is 0 Å². The number of halogens is 5. The van der Waals surface area contributed by atoms with Gasteiger partial charge in [0.1, 0.15) is 0 Å². The molecule has 0 spiro atoms. The molecular formula is C24H34F4IN4O2-. The van der Waals surface area contributed by atoms with E-state index in [-0.39, 0.29) is 43.3 Å². The zero-order valence-corrected chi connectivity index (χ0v) is 22.5. The molecule has 1 saturated carbocycles. The Morgan fingerprint density at radius 3 is 2.57 bits per heavy atom. The maximum atomic E-state index is 14.2. The molecule has 11 heteroatoms. The molecule has 198 valence electrons. The second-order valence-electron chi connectivity index (χ2n) is 10.2. The second kappa shape index (κ2) is 10.4. The van der Waals surface area contributed by atoms with Gasteiger partial charge in [-0.05, 0) is 13.0 Å². The number of carbonyl (C=O) groups is 2. The van der Waals surface area contributed by atoms with Crippen LogP contribution in [-0.4, -0.2) is 63.4 Å². The third kappa shape index (κ3) is 5.70. The van der Waals surface area contributed by atoms with E-state index in [9.17, 15) is 22.6 Å². The van der Waals surface area contributed by atoms with Gasteiger partial charge in [0.15, 0.2) is 0 Å². The summed E-state index contributed by atoms with van der Waals surface area (Å²) in [4.78, 5) is 28.3. The van der Waals surface area contributed by atoms with E-state index in [0.717, 1.165) is 29.7 Å². The van der Waals surface area contributed by atoms with Crippen LogP contribution in [0.2, 0.25) is 0 Å². The van der Waals surface area contributed by atoms with E-state index in [1.165, 1.54) is 6.07 Å². The normalized spacial score (nSPS) is 27.9. The molecule has 1 aliphatic carbocycles. The van der Waals surface area contributed by atoms with Crippen molar-refractivity contribution < 1.29 is 42.7 Å². The Hall–Kier alpha value is -1.63. The van der Waals surface area contributed by atoms with Gasteiger partial charge in [-0.15, -0.1) is 0 Å². The number of aryl methyl sites for hydroxylation is 1. The zero-order valence-electron chi connectivity index (χ0n) is 20.3. The fourth-order valence-electron chi connectivity index (χ4n) is 5.54. The van der Waals surface area contributed by atoms with Crippen LogP contribution < -0.4 is 30.8 Å². The molecule has 2 fully saturated rings. The van der Waals surface area contributed by atoms with Crippen molar-refractivity contribution in [1.29, 1.82) is 0 Å². The number of benzene rings is 1. The number of nitrogens with zero attached hydrogens (tertiary/aromatic N) is 2. The van der Waals surface area contributed by atoms with Gasteiger partial charge >= 0.3 is 187 Å². The van der Waals surface area contributed by atoms with Crippen LogP contribution in [0.3, 0.4) is 0 Å². The van der Waals surface area contributed by atoms with Gasteiger partial charge in [-0.25, -0.2) is 4.39 Å². The summed E-state index contributed by atoms with van der Waals surface area (Å²) in [6.45, 7) is 5.47. The SMILES string of the molecule is Cc1ccc(F)c2c1NC(C(=O)N[C@@H]1CCC[C@H](N3CCN(C(=O)C(C)C)[C@H]([I-](F)(F)F)C3)C1)C2. The zero-order chi connectivity index (χ0) is 25.5. The van der Waals surface area contributed by atoms with Crippen LogP contribution in [0.15, 0.2) is 12.1 Å². The molecule has 1 aromatic carbocycles. The molecule has 2 amide bonds. The second-order valence-corrected chi connectivity index (χ2v) is 13.9. The van der Waals surface area contributed by atoms with Crippen molar-refractivity contribution in [3.05, 3.63) is 29.1 Å². The van der Waals surface area contributed by atoms with E-state index >= 15 is 0 Å². The predicted octanol–water partition coefficient (Wildman–Crippen LogP) is 0.838. The van der Waals surface area contributed by atoms with E-state index in [1.807, 2.05) is 11.8 Å². The first-order valence-electron chi connectivity index (χ1n) is 12.2. The van der Waals surface area contributed by atoms with E-state index in [1.54, 1.807) is 19.9 Å². The third-order valence-corrected chi connectivity index (χ3v) is 10.1. The minimum absolute atomic E-state index is 0.0651. The summed E-state index contributed by atoms with van der Waals surface area (Å²) in [5.41, 5.74) is 2.07. The van der Waals surface area contributed by atoms with Crippen LogP contribution in [0.1, 0.15) is 50.7 Å². The molecule has 4 atom stereocenters. The van der Waals surface area contributed by atoms with Crippen molar-refractivity contribution in [2.24, 2.45) is 5.92 Å². The summed E-state index contributed by atoms with van der Waals surface area (Å²) in [6, 6.07) is 2.32. The summed E-state index contributed by atoms with van der Waals surface area (Å²) >= 11 is -6.55. The number of rotatable bonds is 5. The number of alkyl halides is 1. The monoisotopic (exact) mass is 613 g/mol. The fourth-order valence-corrected chi connectivity index (χ4v) is 7.81. The van der Waals surface area contributed by atoms with Gasteiger partial charge < -0.3 is 0 Å². The Labute approximate surface area is 210 Å². The van der Waals surface area contributed by atoms with Crippen LogP contribution in [0.5, 0.6) is 0 Å². The molecule has 2 heterocycles. The van der Waals surface area contributed by atoms with Crippen molar-refractivity contribution in [1.82, 2.24) is 15.1 Å². The summed E-state index contributed by atoms with van der Waals surface area (Å²) < 4.78 is 54.6. The molecule has 3 aliphatic rings. The molecule has 1 aromatic rings. The molecule has 0 radical (unpaired) electrons. The first kappa shape index (κ1) is 26.4.